The number of amides is 1. The van der Waals surface area contributed by atoms with Gasteiger partial charge >= 0.3 is 0 Å². The third-order valence-corrected chi connectivity index (χ3v) is 5.47. The standard InChI is InChI=1S/C22H26F2N6O2/c1-22(2,32)19(24)12-26-21(31)17-11-25-20(10-18(17)28-15-7-13(23)8-15)29-14-4-6-30-16(9-14)3-5-27-30/h3-6,9-11,13,15,19,32H,7-8,12H2,1-2H3,(H,26,31)(H2,25,28,29)/t13?,15?,19-/m1/s1. The first-order chi connectivity index (χ1) is 15.2. The number of pyridine rings is 2. The van der Waals surface area contributed by atoms with Crippen molar-refractivity contribution in [3.05, 3.63) is 48.4 Å². The van der Waals surface area contributed by atoms with E-state index < -0.39 is 23.9 Å². The number of alkyl halides is 2. The third-order valence-electron chi connectivity index (χ3n) is 5.47. The first-order valence-electron chi connectivity index (χ1n) is 10.4. The van der Waals surface area contributed by atoms with E-state index >= 15 is 0 Å². The SMILES string of the molecule is CC(C)(O)[C@H](F)CNC(=O)c1cnc(Nc2ccn3nccc3c2)cc1NC1CC(F)C1. The first-order valence-corrected chi connectivity index (χ1v) is 10.4. The maximum absolute atomic E-state index is 14.0. The van der Waals surface area contributed by atoms with Crippen molar-refractivity contribution in [3.8, 4) is 0 Å². The molecule has 0 aromatic carbocycles. The molecule has 1 fully saturated rings. The molecular weight excluding hydrogens is 418 g/mol. The van der Waals surface area contributed by atoms with E-state index in [4.69, 9.17) is 0 Å². The average Bonchev–Trinajstić information content (AvgIpc) is 3.18. The number of rotatable bonds is 8. The van der Waals surface area contributed by atoms with Crippen LogP contribution in [0.5, 0.6) is 0 Å². The van der Waals surface area contributed by atoms with Crippen molar-refractivity contribution in [2.24, 2.45) is 0 Å². The Morgan fingerprint density at radius 3 is 2.84 bits per heavy atom. The van der Waals surface area contributed by atoms with Crippen LogP contribution in [0.15, 0.2) is 42.9 Å². The van der Waals surface area contributed by atoms with E-state index in [0.717, 1.165) is 11.2 Å². The van der Waals surface area contributed by atoms with Gasteiger partial charge in [-0.15, -0.1) is 0 Å². The van der Waals surface area contributed by atoms with Gasteiger partial charge in [0.05, 0.1) is 28.9 Å². The summed E-state index contributed by atoms with van der Waals surface area (Å²) < 4.78 is 29.1. The van der Waals surface area contributed by atoms with Crippen LogP contribution >= 0.6 is 0 Å². The molecule has 1 aliphatic carbocycles. The Morgan fingerprint density at radius 2 is 2.12 bits per heavy atom. The van der Waals surface area contributed by atoms with Crippen molar-refractivity contribution < 1.29 is 18.7 Å². The van der Waals surface area contributed by atoms with Gasteiger partial charge in [0.2, 0.25) is 0 Å². The predicted octanol–water partition coefficient (Wildman–Crippen LogP) is 3.22. The molecule has 0 bridgehead atoms. The number of fused-ring (bicyclic) bond motifs is 1. The second-order valence-corrected chi connectivity index (χ2v) is 8.60. The van der Waals surface area contributed by atoms with Crippen molar-refractivity contribution in [3.63, 3.8) is 0 Å². The van der Waals surface area contributed by atoms with E-state index in [-0.39, 0.29) is 18.2 Å². The molecule has 3 heterocycles. The number of hydrogen-bond acceptors (Lipinski definition) is 6. The number of anilines is 3. The van der Waals surface area contributed by atoms with E-state index in [2.05, 4.69) is 26.0 Å². The lowest BCUT2D eigenvalue weighted by molar-refractivity contribution is -0.00177. The van der Waals surface area contributed by atoms with E-state index in [0.29, 0.717) is 24.3 Å². The second kappa shape index (κ2) is 8.70. The zero-order chi connectivity index (χ0) is 22.9. The quantitative estimate of drug-likeness (QED) is 0.425. The molecule has 1 saturated carbocycles. The van der Waals surface area contributed by atoms with Gasteiger partial charge < -0.3 is 21.1 Å². The fourth-order valence-electron chi connectivity index (χ4n) is 3.38. The van der Waals surface area contributed by atoms with Crippen LogP contribution in [-0.2, 0) is 0 Å². The fraction of sp³-hybridized carbons (Fsp3) is 0.409. The minimum Gasteiger partial charge on any atom is -0.387 e. The molecule has 1 atom stereocenters. The zero-order valence-electron chi connectivity index (χ0n) is 17.8. The van der Waals surface area contributed by atoms with Crippen LogP contribution in [0.4, 0.5) is 26.0 Å². The first kappa shape index (κ1) is 21.9. The van der Waals surface area contributed by atoms with Crippen LogP contribution in [0.3, 0.4) is 0 Å². The maximum atomic E-state index is 14.0. The molecule has 0 aliphatic heterocycles. The Kier molecular flexibility index (Phi) is 5.96. The summed E-state index contributed by atoms with van der Waals surface area (Å²) in [6, 6.07) is 7.19. The number of hydrogen-bond donors (Lipinski definition) is 4. The van der Waals surface area contributed by atoms with Crippen molar-refractivity contribution >= 4 is 28.6 Å². The summed E-state index contributed by atoms with van der Waals surface area (Å²) in [5, 5.41) is 22.8. The Labute approximate surface area is 184 Å². The highest BCUT2D eigenvalue weighted by Gasteiger charge is 2.30. The topological polar surface area (TPSA) is 104 Å². The molecule has 0 unspecified atom stereocenters. The van der Waals surface area contributed by atoms with Gasteiger partial charge in [-0.05, 0) is 44.9 Å². The van der Waals surface area contributed by atoms with Gasteiger partial charge in [-0.3, -0.25) is 4.79 Å². The number of nitrogens with one attached hydrogen (secondary N) is 3. The lowest BCUT2D eigenvalue weighted by atomic mass is 9.90. The van der Waals surface area contributed by atoms with Gasteiger partial charge in [-0.25, -0.2) is 18.3 Å². The van der Waals surface area contributed by atoms with Gasteiger partial charge in [-0.2, -0.15) is 5.10 Å². The van der Waals surface area contributed by atoms with Crippen LogP contribution in [0.25, 0.3) is 5.52 Å². The van der Waals surface area contributed by atoms with Crippen molar-refractivity contribution in [2.45, 2.75) is 50.7 Å². The van der Waals surface area contributed by atoms with Crippen molar-refractivity contribution in [2.75, 3.05) is 17.2 Å². The molecule has 0 saturated heterocycles. The molecule has 0 spiro atoms. The van der Waals surface area contributed by atoms with Gasteiger partial charge in [0, 0.05) is 36.4 Å². The molecular formula is C22H26F2N6O2. The Hall–Kier alpha value is -3.27. The van der Waals surface area contributed by atoms with Crippen molar-refractivity contribution in [1.29, 1.82) is 0 Å². The summed E-state index contributed by atoms with van der Waals surface area (Å²) in [6.45, 7) is 2.33. The molecule has 4 rings (SSSR count). The smallest absolute Gasteiger partial charge is 0.255 e. The van der Waals surface area contributed by atoms with E-state index in [1.165, 1.54) is 20.0 Å². The summed E-state index contributed by atoms with van der Waals surface area (Å²) in [7, 11) is 0. The van der Waals surface area contributed by atoms with E-state index in [1.807, 2.05) is 24.4 Å². The van der Waals surface area contributed by atoms with Crippen LogP contribution in [0, 0.1) is 0 Å². The lowest BCUT2D eigenvalue weighted by Gasteiger charge is -2.32. The number of carbonyl (C=O) groups excluding carboxylic acids is 1. The number of aliphatic hydroxyl groups is 1. The van der Waals surface area contributed by atoms with Gasteiger partial charge in [0.1, 0.15) is 18.2 Å². The normalized spacial score (nSPS) is 19.3. The molecule has 1 aliphatic rings. The zero-order valence-corrected chi connectivity index (χ0v) is 17.8. The molecule has 4 N–H and O–H groups in total. The van der Waals surface area contributed by atoms with Gasteiger partial charge in [0.25, 0.3) is 5.91 Å². The summed E-state index contributed by atoms with van der Waals surface area (Å²) in [5.74, 6) is -0.0425. The highest BCUT2D eigenvalue weighted by molar-refractivity contribution is 6.00. The third kappa shape index (κ3) is 4.96. The average molecular weight is 444 g/mol. The predicted molar refractivity (Wildman–Crippen MR) is 118 cm³/mol. The van der Waals surface area contributed by atoms with Crippen LogP contribution in [0.1, 0.15) is 37.0 Å². The highest BCUT2D eigenvalue weighted by atomic mass is 19.1. The summed E-state index contributed by atoms with van der Waals surface area (Å²) >= 11 is 0. The summed E-state index contributed by atoms with van der Waals surface area (Å²) in [5.41, 5.74) is 0.805. The Balaban J connectivity index is 1.53. The van der Waals surface area contributed by atoms with Crippen molar-refractivity contribution in [1.82, 2.24) is 19.9 Å². The molecule has 1 amide bonds. The Bertz CT molecular complexity index is 1110. The molecule has 8 nitrogen and oxygen atoms in total. The van der Waals surface area contributed by atoms with Crippen LogP contribution in [0.2, 0.25) is 0 Å². The molecule has 10 heteroatoms. The summed E-state index contributed by atoms with van der Waals surface area (Å²) in [4.78, 5) is 17.0. The number of carbonyl (C=O) groups is 1. The van der Waals surface area contributed by atoms with Crippen LogP contribution < -0.4 is 16.0 Å². The summed E-state index contributed by atoms with van der Waals surface area (Å²) in [6.07, 6.45) is 3.12. The minimum absolute atomic E-state index is 0.0970. The van der Waals surface area contributed by atoms with Gasteiger partial charge in [0.15, 0.2) is 0 Å². The fourth-order valence-corrected chi connectivity index (χ4v) is 3.38. The van der Waals surface area contributed by atoms with E-state index in [1.54, 1.807) is 16.8 Å². The minimum atomic E-state index is -1.63. The van der Waals surface area contributed by atoms with Gasteiger partial charge in [-0.1, -0.05) is 0 Å². The molecule has 170 valence electrons. The maximum Gasteiger partial charge on any atom is 0.255 e. The van der Waals surface area contributed by atoms with Crippen LogP contribution in [-0.4, -0.2) is 56.1 Å². The molecule has 0 radical (unpaired) electrons. The second-order valence-electron chi connectivity index (χ2n) is 8.60. The number of aromatic nitrogens is 3. The van der Waals surface area contributed by atoms with E-state index in [9.17, 15) is 18.7 Å². The molecule has 3 aromatic heterocycles. The number of nitrogens with zero attached hydrogens (tertiary/aromatic N) is 3. The monoisotopic (exact) mass is 444 g/mol. The molecule has 3 aromatic rings. The largest absolute Gasteiger partial charge is 0.387 e. The number of halogens is 2. The molecule has 32 heavy (non-hydrogen) atoms. The highest BCUT2D eigenvalue weighted by Crippen LogP contribution is 2.30. The Morgan fingerprint density at radius 1 is 1.34 bits per heavy atom. The lowest BCUT2D eigenvalue weighted by Crippen LogP contribution is -2.42.